The summed E-state index contributed by atoms with van der Waals surface area (Å²) in [5.74, 6) is -0.284. The van der Waals surface area contributed by atoms with Crippen LogP contribution in [-0.4, -0.2) is 69.0 Å². The maximum Gasteiger partial charge on any atom is 0.273 e. The number of carbonyl (C=O) groups excluding carboxylic acids is 3. The average molecular weight is 571 g/mol. The second-order valence-electron chi connectivity index (χ2n) is 9.73. The summed E-state index contributed by atoms with van der Waals surface area (Å²) in [7, 11) is 3.09. The van der Waals surface area contributed by atoms with Gasteiger partial charge in [0.15, 0.2) is 0 Å². The van der Waals surface area contributed by atoms with E-state index in [-0.39, 0.29) is 47.9 Å². The second kappa shape index (κ2) is 10.5. The van der Waals surface area contributed by atoms with Gasteiger partial charge in [-0.05, 0) is 37.6 Å². The van der Waals surface area contributed by atoms with Gasteiger partial charge in [0.05, 0.1) is 42.0 Å². The Kier molecular flexibility index (Phi) is 7.26. The highest BCUT2D eigenvalue weighted by atomic mass is 35.5. The van der Waals surface area contributed by atoms with Crippen LogP contribution in [0.1, 0.15) is 63.6 Å². The van der Waals surface area contributed by atoms with Crippen molar-refractivity contribution in [3.05, 3.63) is 74.7 Å². The van der Waals surface area contributed by atoms with Gasteiger partial charge >= 0.3 is 0 Å². The molecule has 10 nitrogen and oxygen atoms in total. The summed E-state index contributed by atoms with van der Waals surface area (Å²) in [5, 5.41) is 8.07. The number of benzene rings is 1. The molecule has 3 aromatic rings. The largest absolute Gasteiger partial charge is 0.481 e. The zero-order chi connectivity index (χ0) is 28.0. The van der Waals surface area contributed by atoms with Crippen LogP contribution in [0, 0.1) is 0 Å². The number of nitrogens with zero attached hydrogens (tertiary/aromatic N) is 5. The predicted octanol–water partition coefficient (Wildman–Crippen LogP) is 3.68. The minimum atomic E-state index is -0.725. The quantitative estimate of drug-likeness (QED) is 0.501. The van der Waals surface area contributed by atoms with Gasteiger partial charge in [0, 0.05) is 42.9 Å². The van der Waals surface area contributed by atoms with Crippen molar-refractivity contribution in [1.82, 2.24) is 29.9 Å². The summed E-state index contributed by atoms with van der Waals surface area (Å²) in [4.78, 5) is 48.1. The highest BCUT2D eigenvalue weighted by molar-refractivity contribution is 6.42. The normalized spacial score (nSPS) is 19.3. The van der Waals surface area contributed by atoms with Gasteiger partial charge in [0.25, 0.3) is 11.8 Å². The van der Waals surface area contributed by atoms with E-state index in [2.05, 4.69) is 10.3 Å². The van der Waals surface area contributed by atoms with E-state index in [4.69, 9.17) is 33.0 Å². The minimum absolute atomic E-state index is 0.140. The second-order valence-corrected chi connectivity index (χ2v) is 10.5. The lowest BCUT2D eigenvalue weighted by molar-refractivity contribution is -0.125. The monoisotopic (exact) mass is 570 g/mol. The van der Waals surface area contributed by atoms with Gasteiger partial charge in [0.1, 0.15) is 11.7 Å². The molecular formula is C27H28Cl2N6O4. The van der Waals surface area contributed by atoms with E-state index in [0.29, 0.717) is 39.8 Å². The molecule has 4 heterocycles. The Bertz CT molecular complexity index is 1460. The zero-order valence-electron chi connectivity index (χ0n) is 21.9. The van der Waals surface area contributed by atoms with E-state index < -0.39 is 6.04 Å². The Morgan fingerprint density at radius 2 is 1.95 bits per heavy atom. The molecule has 0 radical (unpaired) electrons. The summed E-state index contributed by atoms with van der Waals surface area (Å²) < 4.78 is 6.69. The minimum Gasteiger partial charge on any atom is -0.481 e. The summed E-state index contributed by atoms with van der Waals surface area (Å²) in [6, 6.07) is 7.05. The van der Waals surface area contributed by atoms with Crippen molar-refractivity contribution in [3.8, 4) is 5.88 Å². The van der Waals surface area contributed by atoms with E-state index in [1.807, 2.05) is 19.9 Å². The number of hydrogen-bond acceptors (Lipinski definition) is 6. The van der Waals surface area contributed by atoms with Crippen LogP contribution in [0.5, 0.6) is 5.88 Å². The molecule has 3 amide bonds. The van der Waals surface area contributed by atoms with Crippen molar-refractivity contribution >= 4 is 40.9 Å². The molecule has 2 aromatic heterocycles. The molecule has 0 saturated carbocycles. The van der Waals surface area contributed by atoms with Crippen molar-refractivity contribution < 1.29 is 19.1 Å². The van der Waals surface area contributed by atoms with Gasteiger partial charge in [-0.1, -0.05) is 29.3 Å². The molecule has 1 unspecified atom stereocenters. The van der Waals surface area contributed by atoms with E-state index in [0.717, 1.165) is 5.56 Å². The standard InChI is InChI=1S/C27H28Cl2N6O4/c1-14-9-21-18(12-33(14)26(37)16-5-7-19(28)20(29)10-16)24-27(38)34(13-22(25(36)30-3)35(24)32-21)15(2)17-6-8-23(39-4)31-11-17/h5-8,10-11,14-15,22H,9,12-13H2,1-4H3,(H,30,36)/t14-,15?,22+/m1/s1. The average Bonchev–Trinajstić information content (AvgIpc) is 3.31. The molecule has 2 aliphatic heterocycles. The molecule has 204 valence electrons. The third-order valence-corrected chi connectivity index (χ3v) is 8.20. The van der Waals surface area contributed by atoms with Crippen molar-refractivity contribution in [2.45, 2.75) is 44.9 Å². The maximum atomic E-state index is 14.0. The molecule has 12 heteroatoms. The zero-order valence-corrected chi connectivity index (χ0v) is 23.5. The van der Waals surface area contributed by atoms with Crippen LogP contribution in [0.2, 0.25) is 10.0 Å². The van der Waals surface area contributed by atoms with Crippen LogP contribution < -0.4 is 10.1 Å². The molecule has 0 aliphatic carbocycles. The Morgan fingerprint density at radius 1 is 1.18 bits per heavy atom. The fourth-order valence-electron chi connectivity index (χ4n) is 5.20. The number of halogens is 2. The first-order valence-corrected chi connectivity index (χ1v) is 13.3. The van der Waals surface area contributed by atoms with Crippen LogP contribution >= 0.6 is 23.2 Å². The molecule has 0 bridgehead atoms. The van der Waals surface area contributed by atoms with Crippen molar-refractivity contribution in [2.75, 3.05) is 20.7 Å². The van der Waals surface area contributed by atoms with Gasteiger partial charge in [-0.15, -0.1) is 0 Å². The molecule has 0 fully saturated rings. The van der Waals surface area contributed by atoms with E-state index >= 15 is 0 Å². The summed E-state index contributed by atoms with van der Waals surface area (Å²) in [6.45, 7) is 4.13. The number of fused-ring (bicyclic) bond motifs is 3. The number of likely N-dealkylation sites (N-methyl/N-ethyl adjacent to an activating group) is 1. The number of amides is 3. The molecular weight excluding hydrogens is 543 g/mol. The summed E-state index contributed by atoms with van der Waals surface area (Å²) >= 11 is 12.2. The van der Waals surface area contributed by atoms with Crippen molar-refractivity contribution in [3.63, 3.8) is 0 Å². The van der Waals surface area contributed by atoms with Crippen LogP contribution in [0.4, 0.5) is 0 Å². The van der Waals surface area contributed by atoms with Gasteiger partial charge in [-0.3, -0.25) is 14.4 Å². The highest BCUT2D eigenvalue weighted by Crippen LogP contribution is 2.36. The highest BCUT2D eigenvalue weighted by Gasteiger charge is 2.43. The number of nitrogens with one attached hydrogen (secondary N) is 1. The lowest BCUT2D eigenvalue weighted by Gasteiger charge is -2.37. The molecule has 0 saturated heterocycles. The molecule has 1 N–H and O–H groups in total. The van der Waals surface area contributed by atoms with E-state index in [1.54, 1.807) is 47.3 Å². The van der Waals surface area contributed by atoms with E-state index in [1.165, 1.54) is 11.8 Å². The Labute approximate surface area is 235 Å². The fraction of sp³-hybridized carbons (Fsp3) is 0.370. The first kappa shape index (κ1) is 27.0. The molecule has 39 heavy (non-hydrogen) atoms. The van der Waals surface area contributed by atoms with Crippen LogP contribution in [0.3, 0.4) is 0 Å². The summed E-state index contributed by atoms with van der Waals surface area (Å²) in [6.07, 6.45) is 2.10. The molecule has 3 atom stereocenters. The Hall–Kier alpha value is -3.63. The first-order valence-electron chi connectivity index (χ1n) is 12.5. The van der Waals surface area contributed by atoms with Crippen molar-refractivity contribution in [2.24, 2.45) is 0 Å². The Morgan fingerprint density at radius 3 is 2.59 bits per heavy atom. The number of methoxy groups -OCH3 is 1. The SMILES string of the molecule is CNC(=O)[C@@H]1CN(C(C)c2ccc(OC)nc2)C(=O)c2c3c(nn21)C[C@@H](C)N(C(=O)c1ccc(Cl)c(Cl)c1)C3. The first-order chi connectivity index (χ1) is 18.6. The third kappa shape index (κ3) is 4.72. The number of aromatic nitrogens is 3. The topological polar surface area (TPSA) is 110 Å². The number of ether oxygens (including phenoxy) is 1. The fourth-order valence-corrected chi connectivity index (χ4v) is 5.50. The van der Waals surface area contributed by atoms with Crippen LogP contribution in [0.25, 0.3) is 0 Å². The number of rotatable bonds is 5. The molecule has 0 spiro atoms. The van der Waals surface area contributed by atoms with Crippen molar-refractivity contribution in [1.29, 1.82) is 0 Å². The smallest absolute Gasteiger partial charge is 0.273 e. The molecule has 5 rings (SSSR count). The summed E-state index contributed by atoms with van der Waals surface area (Å²) in [5.41, 5.74) is 2.87. The number of pyridine rings is 1. The predicted molar refractivity (Wildman–Crippen MR) is 145 cm³/mol. The lowest BCUT2D eigenvalue weighted by Crippen LogP contribution is -2.49. The van der Waals surface area contributed by atoms with Gasteiger partial charge < -0.3 is 19.9 Å². The number of carbonyl (C=O) groups is 3. The van der Waals surface area contributed by atoms with Gasteiger partial charge in [-0.2, -0.15) is 5.10 Å². The Balaban J connectivity index is 1.53. The van der Waals surface area contributed by atoms with Gasteiger partial charge in [0.2, 0.25) is 11.8 Å². The maximum absolute atomic E-state index is 14.0. The molecule has 2 aliphatic rings. The third-order valence-electron chi connectivity index (χ3n) is 7.46. The van der Waals surface area contributed by atoms with Gasteiger partial charge in [-0.25, -0.2) is 9.67 Å². The number of hydrogen-bond donors (Lipinski definition) is 1. The molecule has 1 aromatic carbocycles. The lowest BCUT2D eigenvalue weighted by atomic mass is 9.96. The van der Waals surface area contributed by atoms with E-state index in [9.17, 15) is 14.4 Å². The van der Waals surface area contributed by atoms with Crippen LogP contribution in [0.15, 0.2) is 36.5 Å². The van der Waals surface area contributed by atoms with Crippen LogP contribution in [-0.2, 0) is 17.8 Å².